The lowest BCUT2D eigenvalue weighted by Gasteiger charge is -2.37. The van der Waals surface area contributed by atoms with Crippen LogP contribution in [0.4, 0.5) is 5.13 Å². The van der Waals surface area contributed by atoms with Crippen molar-refractivity contribution in [2.75, 3.05) is 31.7 Å². The molecular formula is C19H22Cl2N4O5S. The van der Waals surface area contributed by atoms with Crippen LogP contribution in [0, 0.1) is 6.92 Å². The van der Waals surface area contributed by atoms with Crippen LogP contribution in [0.2, 0.25) is 10.0 Å². The highest BCUT2D eigenvalue weighted by Crippen LogP contribution is 2.31. The summed E-state index contributed by atoms with van der Waals surface area (Å²) in [6, 6.07) is -0.276. The number of amides is 1. The standard InChI is InChI=1S/C19H22Cl2N4O5S/c1-4-30-18(28)16-11(8-26)24-19(31-16)25-6-5-10(12(7-25)29-3)23-17(27)15-14(21)13(20)9(2)22-15/h8,10,12,22H,4-7H2,1-3H3,(H,23,27)/t10-,12+/m1/s1. The molecule has 168 valence electrons. The molecule has 0 unspecified atom stereocenters. The number of nitrogens with one attached hydrogen (secondary N) is 2. The summed E-state index contributed by atoms with van der Waals surface area (Å²) >= 11 is 13.3. The van der Waals surface area contributed by atoms with E-state index in [2.05, 4.69) is 15.3 Å². The summed E-state index contributed by atoms with van der Waals surface area (Å²) in [5.74, 6) is -0.946. The maximum atomic E-state index is 12.7. The summed E-state index contributed by atoms with van der Waals surface area (Å²) in [7, 11) is 1.55. The van der Waals surface area contributed by atoms with Gasteiger partial charge in [0.05, 0.1) is 28.8 Å². The molecule has 0 bridgehead atoms. The van der Waals surface area contributed by atoms with Crippen LogP contribution in [0.15, 0.2) is 0 Å². The van der Waals surface area contributed by atoms with E-state index in [1.165, 1.54) is 0 Å². The van der Waals surface area contributed by atoms with E-state index in [1.807, 2.05) is 4.90 Å². The average molecular weight is 489 g/mol. The molecule has 9 nitrogen and oxygen atoms in total. The van der Waals surface area contributed by atoms with Gasteiger partial charge in [0.2, 0.25) is 0 Å². The Kier molecular flexibility index (Phi) is 7.58. The van der Waals surface area contributed by atoms with Crippen LogP contribution in [-0.2, 0) is 9.47 Å². The fourth-order valence-corrected chi connectivity index (χ4v) is 4.72. The van der Waals surface area contributed by atoms with Crippen LogP contribution in [0.3, 0.4) is 0 Å². The van der Waals surface area contributed by atoms with Gasteiger partial charge in [-0.15, -0.1) is 0 Å². The molecule has 2 aromatic rings. The molecule has 1 aliphatic heterocycles. The number of hydrogen-bond acceptors (Lipinski definition) is 8. The van der Waals surface area contributed by atoms with Crippen molar-refractivity contribution in [3.8, 4) is 0 Å². The number of halogens is 2. The Morgan fingerprint density at radius 2 is 2.13 bits per heavy atom. The van der Waals surface area contributed by atoms with Crippen molar-refractivity contribution in [3.63, 3.8) is 0 Å². The van der Waals surface area contributed by atoms with Gasteiger partial charge in [-0.1, -0.05) is 34.5 Å². The zero-order chi connectivity index (χ0) is 22.7. The second-order valence-corrected chi connectivity index (χ2v) is 8.62. The zero-order valence-electron chi connectivity index (χ0n) is 17.2. The van der Waals surface area contributed by atoms with Crippen molar-refractivity contribution in [2.45, 2.75) is 32.4 Å². The van der Waals surface area contributed by atoms with Gasteiger partial charge in [-0.3, -0.25) is 9.59 Å². The van der Waals surface area contributed by atoms with Gasteiger partial charge in [0.15, 0.2) is 11.4 Å². The van der Waals surface area contributed by atoms with E-state index in [0.29, 0.717) is 41.6 Å². The minimum Gasteiger partial charge on any atom is -0.462 e. The summed E-state index contributed by atoms with van der Waals surface area (Å²) in [6.45, 7) is 4.58. The topological polar surface area (TPSA) is 114 Å². The lowest BCUT2D eigenvalue weighted by atomic mass is 10.0. The van der Waals surface area contributed by atoms with Gasteiger partial charge in [-0.2, -0.15) is 0 Å². The Morgan fingerprint density at radius 1 is 1.39 bits per heavy atom. The molecule has 2 atom stereocenters. The van der Waals surface area contributed by atoms with Crippen molar-refractivity contribution >= 4 is 57.8 Å². The Hall–Kier alpha value is -2.14. The third-order valence-electron chi connectivity index (χ3n) is 4.94. The molecule has 1 saturated heterocycles. The first-order valence-electron chi connectivity index (χ1n) is 9.55. The van der Waals surface area contributed by atoms with Gasteiger partial charge in [-0.05, 0) is 20.3 Å². The van der Waals surface area contributed by atoms with Gasteiger partial charge in [0.1, 0.15) is 16.3 Å². The molecule has 0 aliphatic carbocycles. The molecule has 0 radical (unpaired) electrons. The van der Waals surface area contributed by atoms with E-state index >= 15 is 0 Å². The molecule has 2 aromatic heterocycles. The highest BCUT2D eigenvalue weighted by molar-refractivity contribution is 7.17. The predicted molar refractivity (Wildman–Crippen MR) is 118 cm³/mol. The van der Waals surface area contributed by atoms with Crippen molar-refractivity contribution < 1.29 is 23.9 Å². The van der Waals surface area contributed by atoms with Crippen LogP contribution in [-0.4, -0.2) is 67.1 Å². The molecule has 1 aliphatic rings. The van der Waals surface area contributed by atoms with E-state index in [4.69, 9.17) is 32.7 Å². The van der Waals surface area contributed by atoms with Gasteiger partial charge in [0, 0.05) is 25.9 Å². The third-order valence-corrected chi connectivity index (χ3v) is 7.00. The Balaban J connectivity index is 1.72. The van der Waals surface area contributed by atoms with Crippen LogP contribution in [0.25, 0.3) is 0 Å². The normalized spacial score (nSPS) is 18.7. The second kappa shape index (κ2) is 9.99. The summed E-state index contributed by atoms with van der Waals surface area (Å²) in [6.07, 6.45) is 0.748. The number of nitrogens with zero attached hydrogens (tertiary/aromatic N) is 2. The first-order valence-corrected chi connectivity index (χ1v) is 11.1. The van der Waals surface area contributed by atoms with Gasteiger partial charge in [0.25, 0.3) is 5.91 Å². The largest absolute Gasteiger partial charge is 0.462 e. The first-order chi connectivity index (χ1) is 14.8. The fourth-order valence-electron chi connectivity index (χ4n) is 3.34. The number of piperidine rings is 1. The number of aromatic amines is 1. The minimum atomic E-state index is -0.574. The average Bonchev–Trinajstić information content (AvgIpc) is 3.31. The second-order valence-electron chi connectivity index (χ2n) is 6.89. The molecule has 31 heavy (non-hydrogen) atoms. The van der Waals surface area contributed by atoms with Crippen LogP contribution in [0.1, 0.15) is 49.7 Å². The Morgan fingerprint density at radius 3 is 2.71 bits per heavy atom. The van der Waals surface area contributed by atoms with Crippen molar-refractivity contribution in [1.82, 2.24) is 15.3 Å². The fraction of sp³-hybridized carbons (Fsp3) is 0.474. The molecule has 12 heteroatoms. The molecule has 2 N–H and O–H groups in total. The van der Waals surface area contributed by atoms with E-state index in [9.17, 15) is 14.4 Å². The lowest BCUT2D eigenvalue weighted by Crippen LogP contribution is -2.55. The van der Waals surface area contributed by atoms with Crippen molar-refractivity contribution in [3.05, 3.63) is 32.0 Å². The van der Waals surface area contributed by atoms with Gasteiger partial charge in [-0.25, -0.2) is 9.78 Å². The van der Waals surface area contributed by atoms with Crippen LogP contribution < -0.4 is 10.2 Å². The summed E-state index contributed by atoms with van der Waals surface area (Å²) in [5.41, 5.74) is 0.870. The molecule has 0 aromatic carbocycles. The number of H-pyrrole nitrogens is 1. The highest BCUT2D eigenvalue weighted by atomic mass is 35.5. The number of esters is 1. The number of methoxy groups -OCH3 is 1. The van der Waals surface area contributed by atoms with Crippen LogP contribution in [0.5, 0.6) is 0 Å². The summed E-state index contributed by atoms with van der Waals surface area (Å²) < 4.78 is 10.6. The molecule has 0 saturated carbocycles. The number of aldehydes is 1. The number of ether oxygens (including phenoxy) is 2. The maximum absolute atomic E-state index is 12.7. The van der Waals surface area contributed by atoms with E-state index < -0.39 is 5.97 Å². The Labute approximate surface area is 193 Å². The molecule has 0 spiro atoms. The van der Waals surface area contributed by atoms with E-state index in [-0.39, 0.29) is 45.9 Å². The monoisotopic (exact) mass is 488 g/mol. The highest BCUT2D eigenvalue weighted by Gasteiger charge is 2.33. The number of carbonyl (C=O) groups excluding carboxylic acids is 3. The molecule has 1 amide bonds. The number of anilines is 1. The van der Waals surface area contributed by atoms with E-state index in [0.717, 1.165) is 11.3 Å². The van der Waals surface area contributed by atoms with Crippen molar-refractivity contribution in [2.24, 2.45) is 0 Å². The molecule has 1 fully saturated rings. The number of carbonyl (C=O) groups is 3. The minimum absolute atomic E-state index is 0.0523. The molecular weight excluding hydrogens is 467 g/mol. The summed E-state index contributed by atoms with van der Waals surface area (Å²) in [4.78, 5) is 45.4. The smallest absolute Gasteiger partial charge is 0.350 e. The van der Waals surface area contributed by atoms with Gasteiger partial charge < -0.3 is 24.7 Å². The number of thiazole rings is 1. The molecule has 3 rings (SSSR count). The third kappa shape index (κ3) is 4.87. The SMILES string of the molecule is CCOC(=O)c1sc(N2CC[C@@H](NC(=O)c3[nH]c(C)c(Cl)c3Cl)[C@@H](OC)C2)nc1C=O. The quantitative estimate of drug-likeness (QED) is 0.454. The zero-order valence-corrected chi connectivity index (χ0v) is 19.5. The first kappa shape index (κ1) is 23.5. The number of hydrogen-bond donors (Lipinski definition) is 2. The number of rotatable bonds is 7. The maximum Gasteiger partial charge on any atom is 0.350 e. The predicted octanol–water partition coefficient (Wildman–Crippen LogP) is 3.10. The Bertz CT molecular complexity index is 992. The summed E-state index contributed by atoms with van der Waals surface area (Å²) in [5, 5.41) is 3.96. The van der Waals surface area contributed by atoms with Crippen molar-refractivity contribution in [1.29, 1.82) is 0 Å². The number of aryl methyl sites for hydroxylation is 1. The van der Waals surface area contributed by atoms with Gasteiger partial charge >= 0.3 is 5.97 Å². The lowest BCUT2D eigenvalue weighted by molar-refractivity contribution is 0.0529. The molecule has 3 heterocycles. The van der Waals surface area contributed by atoms with E-state index in [1.54, 1.807) is 21.0 Å². The van der Waals surface area contributed by atoms with Crippen LogP contribution >= 0.6 is 34.5 Å². The number of aromatic nitrogens is 2.